The number of rotatable bonds is 5. The molecule has 92 valence electrons. The summed E-state index contributed by atoms with van der Waals surface area (Å²) < 4.78 is 0. The first-order chi connectivity index (χ1) is 8.20. The van der Waals surface area contributed by atoms with E-state index in [9.17, 15) is 5.11 Å². The van der Waals surface area contributed by atoms with Crippen LogP contribution in [0, 0.1) is 0 Å². The minimum absolute atomic E-state index is 0.196. The molecule has 0 amide bonds. The second-order valence-corrected chi connectivity index (χ2v) is 4.39. The second-order valence-electron chi connectivity index (χ2n) is 4.39. The third-order valence-electron chi connectivity index (χ3n) is 2.85. The molecule has 0 saturated carbocycles. The highest BCUT2D eigenvalue weighted by atomic mass is 16.3. The number of aromatic nitrogens is 1. The number of H-pyrrole nitrogens is 1. The number of nitrogens with one attached hydrogen (secondary N) is 1. The zero-order valence-electron chi connectivity index (χ0n) is 9.93. The second kappa shape index (κ2) is 5.31. The Kier molecular flexibility index (Phi) is 3.78. The van der Waals surface area contributed by atoms with Gasteiger partial charge in [0.1, 0.15) is 0 Å². The SMILES string of the molecule is CN(Cc1c[nH]c2ccccc12)CC(O)CO. The molecule has 4 nitrogen and oxygen atoms in total. The molecule has 0 radical (unpaired) electrons. The Labute approximate surface area is 100 Å². The fraction of sp³-hybridized carbons (Fsp3) is 0.385. The van der Waals surface area contributed by atoms with Crippen molar-refractivity contribution in [1.29, 1.82) is 0 Å². The number of aliphatic hydroxyl groups excluding tert-OH is 2. The van der Waals surface area contributed by atoms with Gasteiger partial charge in [0.15, 0.2) is 0 Å². The molecule has 0 aliphatic carbocycles. The molecule has 0 fully saturated rings. The lowest BCUT2D eigenvalue weighted by Gasteiger charge is -2.18. The van der Waals surface area contributed by atoms with Crippen LogP contribution in [-0.4, -0.2) is 46.4 Å². The minimum atomic E-state index is -0.676. The van der Waals surface area contributed by atoms with Gasteiger partial charge in [0.2, 0.25) is 0 Å². The third-order valence-corrected chi connectivity index (χ3v) is 2.85. The van der Waals surface area contributed by atoms with Gasteiger partial charge in [0, 0.05) is 30.2 Å². The normalized spacial score (nSPS) is 13.4. The summed E-state index contributed by atoms with van der Waals surface area (Å²) >= 11 is 0. The van der Waals surface area contributed by atoms with E-state index in [1.165, 1.54) is 10.9 Å². The standard InChI is InChI=1S/C13H18N2O2/c1-15(8-11(17)9-16)7-10-6-14-13-5-3-2-4-12(10)13/h2-6,11,14,16-17H,7-9H2,1H3. The maximum atomic E-state index is 9.37. The van der Waals surface area contributed by atoms with Gasteiger partial charge >= 0.3 is 0 Å². The van der Waals surface area contributed by atoms with E-state index in [1.54, 1.807) is 0 Å². The lowest BCUT2D eigenvalue weighted by molar-refractivity contribution is 0.0649. The lowest BCUT2D eigenvalue weighted by Crippen LogP contribution is -2.30. The number of aromatic amines is 1. The Hall–Kier alpha value is -1.36. The van der Waals surface area contributed by atoms with Gasteiger partial charge in [-0.05, 0) is 18.7 Å². The van der Waals surface area contributed by atoms with E-state index in [0.717, 1.165) is 12.1 Å². The number of para-hydroxylation sites is 1. The van der Waals surface area contributed by atoms with Gasteiger partial charge in [-0.25, -0.2) is 0 Å². The van der Waals surface area contributed by atoms with Crippen LogP contribution in [0.1, 0.15) is 5.56 Å². The molecule has 1 aromatic carbocycles. The molecule has 0 aliphatic rings. The first-order valence-corrected chi connectivity index (χ1v) is 5.73. The van der Waals surface area contributed by atoms with E-state index in [-0.39, 0.29) is 6.61 Å². The molecule has 3 N–H and O–H groups in total. The van der Waals surface area contributed by atoms with Crippen LogP contribution in [0.3, 0.4) is 0 Å². The van der Waals surface area contributed by atoms with Crippen LogP contribution in [-0.2, 0) is 6.54 Å². The highest BCUT2D eigenvalue weighted by Gasteiger charge is 2.09. The van der Waals surface area contributed by atoms with Crippen LogP contribution in [0.25, 0.3) is 10.9 Å². The van der Waals surface area contributed by atoms with E-state index in [0.29, 0.717) is 6.54 Å². The summed E-state index contributed by atoms with van der Waals surface area (Å²) in [5.74, 6) is 0. The monoisotopic (exact) mass is 234 g/mol. The van der Waals surface area contributed by atoms with Crippen molar-refractivity contribution in [3.8, 4) is 0 Å². The van der Waals surface area contributed by atoms with Crippen LogP contribution in [0.4, 0.5) is 0 Å². The number of nitrogens with zero attached hydrogens (tertiary/aromatic N) is 1. The summed E-state index contributed by atoms with van der Waals surface area (Å²) in [5.41, 5.74) is 2.33. The number of fused-ring (bicyclic) bond motifs is 1. The van der Waals surface area contributed by atoms with Crippen molar-refractivity contribution >= 4 is 10.9 Å². The van der Waals surface area contributed by atoms with E-state index < -0.39 is 6.10 Å². The number of hydrogen-bond acceptors (Lipinski definition) is 3. The minimum Gasteiger partial charge on any atom is -0.394 e. The summed E-state index contributed by atoms with van der Waals surface area (Å²) in [5, 5.41) is 19.4. The van der Waals surface area contributed by atoms with Crippen LogP contribution in [0.2, 0.25) is 0 Å². The number of benzene rings is 1. The number of likely N-dealkylation sites (N-methyl/N-ethyl adjacent to an activating group) is 1. The fourth-order valence-corrected chi connectivity index (χ4v) is 2.04. The van der Waals surface area contributed by atoms with Gasteiger partial charge in [-0.15, -0.1) is 0 Å². The Bertz CT molecular complexity index is 481. The molecule has 4 heteroatoms. The number of hydrogen-bond donors (Lipinski definition) is 3. The Morgan fingerprint density at radius 3 is 2.88 bits per heavy atom. The molecule has 1 aromatic heterocycles. The van der Waals surface area contributed by atoms with Gasteiger partial charge in [-0.3, -0.25) is 4.90 Å². The molecule has 1 atom stereocenters. The van der Waals surface area contributed by atoms with Gasteiger partial charge < -0.3 is 15.2 Å². The molecular weight excluding hydrogens is 216 g/mol. The Morgan fingerprint density at radius 2 is 2.12 bits per heavy atom. The van der Waals surface area contributed by atoms with Crippen molar-refractivity contribution in [1.82, 2.24) is 9.88 Å². The highest BCUT2D eigenvalue weighted by molar-refractivity contribution is 5.82. The largest absolute Gasteiger partial charge is 0.394 e. The first-order valence-electron chi connectivity index (χ1n) is 5.73. The third kappa shape index (κ3) is 2.85. The predicted molar refractivity (Wildman–Crippen MR) is 67.7 cm³/mol. The molecule has 2 rings (SSSR count). The molecular formula is C13H18N2O2. The summed E-state index contributed by atoms with van der Waals surface area (Å²) in [6.07, 6.45) is 1.32. The Morgan fingerprint density at radius 1 is 1.35 bits per heavy atom. The maximum absolute atomic E-state index is 9.37. The van der Waals surface area contributed by atoms with Crippen molar-refractivity contribution in [2.45, 2.75) is 12.6 Å². The molecule has 1 unspecified atom stereocenters. The summed E-state index contributed by atoms with van der Waals surface area (Å²) in [6.45, 7) is 1.02. The van der Waals surface area contributed by atoms with Crippen molar-refractivity contribution in [2.75, 3.05) is 20.2 Å². The topological polar surface area (TPSA) is 59.5 Å². The maximum Gasteiger partial charge on any atom is 0.0897 e. The zero-order chi connectivity index (χ0) is 12.3. The Balaban J connectivity index is 2.08. The molecule has 0 saturated heterocycles. The van der Waals surface area contributed by atoms with Crippen LogP contribution < -0.4 is 0 Å². The quantitative estimate of drug-likeness (QED) is 0.722. The molecule has 0 aliphatic heterocycles. The van der Waals surface area contributed by atoms with Gasteiger partial charge in [0.25, 0.3) is 0 Å². The van der Waals surface area contributed by atoms with E-state index >= 15 is 0 Å². The van der Waals surface area contributed by atoms with Crippen LogP contribution in [0.5, 0.6) is 0 Å². The molecule has 2 aromatic rings. The van der Waals surface area contributed by atoms with E-state index in [2.05, 4.69) is 11.1 Å². The average Bonchev–Trinajstić information content (AvgIpc) is 2.72. The van der Waals surface area contributed by atoms with Crippen molar-refractivity contribution in [2.24, 2.45) is 0 Å². The zero-order valence-corrected chi connectivity index (χ0v) is 9.93. The molecule has 0 spiro atoms. The van der Waals surface area contributed by atoms with Crippen LogP contribution >= 0.6 is 0 Å². The smallest absolute Gasteiger partial charge is 0.0897 e. The molecule has 0 bridgehead atoms. The van der Waals surface area contributed by atoms with E-state index in [4.69, 9.17) is 5.11 Å². The average molecular weight is 234 g/mol. The summed E-state index contributed by atoms with van der Waals surface area (Å²) in [6, 6.07) is 8.14. The van der Waals surface area contributed by atoms with Crippen LogP contribution in [0.15, 0.2) is 30.5 Å². The van der Waals surface area contributed by atoms with Crippen molar-refractivity contribution in [3.63, 3.8) is 0 Å². The molecule has 17 heavy (non-hydrogen) atoms. The summed E-state index contributed by atoms with van der Waals surface area (Å²) in [4.78, 5) is 5.22. The van der Waals surface area contributed by atoms with E-state index in [1.807, 2.05) is 36.3 Å². The predicted octanol–water partition coefficient (Wildman–Crippen LogP) is 0.953. The lowest BCUT2D eigenvalue weighted by atomic mass is 10.1. The van der Waals surface area contributed by atoms with Crippen molar-refractivity contribution in [3.05, 3.63) is 36.0 Å². The summed E-state index contributed by atoms with van der Waals surface area (Å²) in [7, 11) is 1.93. The van der Waals surface area contributed by atoms with Gasteiger partial charge in [0.05, 0.1) is 12.7 Å². The van der Waals surface area contributed by atoms with Gasteiger partial charge in [-0.1, -0.05) is 18.2 Å². The van der Waals surface area contributed by atoms with Crippen molar-refractivity contribution < 1.29 is 10.2 Å². The molecule has 1 heterocycles. The fourth-order valence-electron chi connectivity index (χ4n) is 2.04. The first kappa shape index (κ1) is 12.1. The number of aliphatic hydroxyl groups is 2. The highest BCUT2D eigenvalue weighted by Crippen LogP contribution is 2.18. The van der Waals surface area contributed by atoms with Gasteiger partial charge in [-0.2, -0.15) is 0 Å².